The number of nitro groups is 1. The molecule has 3 atom stereocenters. The smallest absolute Gasteiger partial charge is 0.370 e. The van der Waals surface area contributed by atoms with Crippen molar-refractivity contribution in [1.29, 1.82) is 0 Å². The highest BCUT2D eigenvalue weighted by Crippen LogP contribution is 2.47. The van der Waals surface area contributed by atoms with Crippen LogP contribution in [0.1, 0.15) is 24.0 Å². The van der Waals surface area contributed by atoms with Crippen molar-refractivity contribution < 1.29 is 36.1 Å². The maximum atomic E-state index is 13.7. The summed E-state index contributed by atoms with van der Waals surface area (Å²) in [6.07, 6.45) is -4.78. The lowest BCUT2D eigenvalue weighted by Crippen LogP contribution is -2.56. The van der Waals surface area contributed by atoms with E-state index in [2.05, 4.69) is 25.7 Å². The highest BCUT2D eigenvalue weighted by atomic mass is 32.2. The van der Waals surface area contributed by atoms with Crippen LogP contribution >= 0.6 is 0 Å². The molecule has 17 heteroatoms. The maximum absolute atomic E-state index is 13.7. The number of amides is 2. The number of nitrogens with one attached hydrogen (secondary N) is 4. The molecule has 6 N–H and O–H groups in total. The molecule has 0 aliphatic heterocycles. The first-order chi connectivity index (χ1) is 19.6. The molecular formula is C25H30F3N7O6S. The summed E-state index contributed by atoms with van der Waals surface area (Å²) in [7, 11) is -2.13. The van der Waals surface area contributed by atoms with Gasteiger partial charge in [0.15, 0.2) is 10.9 Å². The Bertz CT molecular complexity index is 1470. The summed E-state index contributed by atoms with van der Waals surface area (Å²) in [4.78, 5) is 39.3. The minimum atomic E-state index is -4.96. The van der Waals surface area contributed by atoms with Gasteiger partial charge in [0.1, 0.15) is 11.6 Å². The first-order valence-electron chi connectivity index (χ1n) is 12.6. The van der Waals surface area contributed by atoms with Crippen LogP contribution in [0.5, 0.6) is 0 Å². The highest BCUT2D eigenvalue weighted by molar-refractivity contribution is 7.89. The molecule has 0 aromatic heterocycles. The number of nitro benzene ring substituents is 1. The number of sulfonamides is 1. The number of carbonyl (C=O) groups excluding carboxylic acids is 2. The van der Waals surface area contributed by atoms with E-state index in [1.54, 1.807) is 30.3 Å². The fourth-order valence-electron chi connectivity index (χ4n) is 4.46. The Balaban J connectivity index is 1.96. The second-order valence-electron chi connectivity index (χ2n) is 9.57. The molecule has 0 spiro atoms. The predicted octanol–water partition coefficient (Wildman–Crippen LogP) is 1.05. The third-order valence-electron chi connectivity index (χ3n) is 6.79. The van der Waals surface area contributed by atoms with E-state index < -0.39 is 66.6 Å². The summed E-state index contributed by atoms with van der Waals surface area (Å²) in [6, 6.07) is 8.56. The zero-order chi connectivity index (χ0) is 31.3. The molecule has 1 aliphatic rings. The van der Waals surface area contributed by atoms with E-state index in [4.69, 9.17) is 5.73 Å². The number of guanidine groups is 1. The van der Waals surface area contributed by atoms with Crippen molar-refractivity contribution in [2.45, 2.75) is 41.9 Å². The van der Waals surface area contributed by atoms with Crippen molar-refractivity contribution in [2.75, 3.05) is 20.6 Å². The third-order valence-corrected chi connectivity index (χ3v) is 8.35. The molecule has 0 radical (unpaired) electrons. The summed E-state index contributed by atoms with van der Waals surface area (Å²) in [5.41, 5.74) is 1.73. The molecule has 42 heavy (non-hydrogen) atoms. The van der Waals surface area contributed by atoms with E-state index in [0.717, 1.165) is 0 Å². The first-order valence-corrected chi connectivity index (χ1v) is 14.0. The van der Waals surface area contributed by atoms with E-state index in [-0.39, 0.29) is 37.8 Å². The van der Waals surface area contributed by atoms with Gasteiger partial charge in [0.25, 0.3) is 5.69 Å². The zero-order valence-electron chi connectivity index (χ0n) is 22.6. The second-order valence-corrected chi connectivity index (χ2v) is 11.2. The molecule has 3 rings (SSSR count). The van der Waals surface area contributed by atoms with Gasteiger partial charge in [0.2, 0.25) is 21.8 Å². The Morgan fingerprint density at radius 3 is 2.45 bits per heavy atom. The minimum Gasteiger partial charge on any atom is -0.370 e. The van der Waals surface area contributed by atoms with Gasteiger partial charge in [0, 0.05) is 33.1 Å². The predicted molar refractivity (Wildman–Crippen MR) is 146 cm³/mol. The number of hydrogen-bond donors (Lipinski definition) is 5. The van der Waals surface area contributed by atoms with E-state index in [1.807, 2.05) is 0 Å². The number of rotatable bonds is 12. The molecule has 228 valence electrons. The number of hydrogen-bond acceptors (Lipinski definition) is 7. The Hall–Kier alpha value is -4.25. The Kier molecular flexibility index (Phi) is 9.78. The van der Waals surface area contributed by atoms with E-state index >= 15 is 0 Å². The molecular weight excluding hydrogens is 583 g/mol. The maximum Gasteiger partial charge on any atom is 0.416 e. The molecule has 1 saturated carbocycles. The van der Waals surface area contributed by atoms with E-state index in [9.17, 15) is 41.3 Å². The molecule has 13 nitrogen and oxygen atoms in total. The van der Waals surface area contributed by atoms with Gasteiger partial charge < -0.3 is 21.7 Å². The summed E-state index contributed by atoms with van der Waals surface area (Å²) in [5, 5.41) is 19.4. The monoisotopic (exact) mass is 613 g/mol. The summed E-state index contributed by atoms with van der Waals surface area (Å²) >= 11 is 0. The van der Waals surface area contributed by atoms with E-state index in [0.29, 0.717) is 17.7 Å². The molecule has 1 fully saturated rings. The van der Waals surface area contributed by atoms with Crippen LogP contribution in [0.3, 0.4) is 0 Å². The van der Waals surface area contributed by atoms with Gasteiger partial charge in [-0.25, -0.2) is 8.42 Å². The topological polar surface area (TPSA) is 198 Å². The summed E-state index contributed by atoms with van der Waals surface area (Å²) < 4.78 is 68.5. The number of halogens is 3. The van der Waals surface area contributed by atoms with Crippen molar-refractivity contribution in [3.05, 3.63) is 69.8 Å². The van der Waals surface area contributed by atoms with Crippen molar-refractivity contribution in [1.82, 2.24) is 20.7 Å². The molecule has 2 aromatic carbocycles. The molecule has 2 aromatic rings. The normalized spacial score (nSPS) is 19.5. The fraction of sp³-hybridized carbons (Fsp3) is 0.400. The van der Waals surface area contributed by atoms with Crippen molar-refractivity contribution in [3.8, 4) is 0 Å². The standard InChI is InChI=1S/C25H30F3N7O6S/c1-30-21(36)18(12-15-6-4-3-5-7-15)33-22(37)24(14-17(24)10-11-32-23(29)31-2)34-42(40,41)20-9-8-16(25(26,27)28)13-19(20)35(38)39/h3-9,13,17-18,34H,10-12,14H2,1-2H3,(H,30,36)(H,33,37)(H3,29,31,32)/t17-,18+,24?/m1/s1. The van der Waals surface area contributed by atoms with Crippen LogP contribution in [0.2, 0.25) is 0 Å². The lowest BCUT2D eigenvalue weighted by atomic mass is 10.0. The molecule has 1 unspecified atom stereocenters. The SMILES string of the molecule is CN=C(N)NCC[C@@H]1CC1(NS(=O)(=O)c1ccc(C(F)(F)F)cc1[N+](=O)[O-])C(=O)N[C@@H](Cc1ccccc1)C(=O)NC. The van der Waals surface area contributed by atoms with Crippen molar-refractivity contribution >= 4 is 33.5 Å². The number of nitrogens with zero attached hydrogens (tertiary/aromatic N) is 2. The van der Waals surface area contributed by atoms with Crippen molar-refractivity contribution in [2.24, 2.45) is 16.6 Å². The third kappa shape index (κ3) is 7.52. The largest absolute Gasteiger partial charge is 0.416 e. The Morgan fingerprint density at radius 2 is 1.88 bits per heavy atom. The quantitative estimate of drug-likeness (QED) is 0.101. The number of benzene rings is 2. The van der Waals surface area contributed by atoms with Gasteiger partial charge in [-0.3, -0.25) is 24.7 Å². The number of nitrogens with two attached hydrogens (primary N) is 1. The molecule has 0 saturated heterocycles. The van der Waals surface area contributed by atoms with Crippen LogP contribution in [0.4, 0.5) is 18.9 Å². The summed E-state index contributed by atoms with van der Waals surface area (Å²) in [6.45, 7) is 0.175. The summed E-state index contributed by atoms with van der Waals surface area (Å²) in [5.74, 6) is -2.02. The molecule has 0 bridgehead atoms. The number of likely N-dealkylation sites (N-methyl/N-ethyl adjacent to an activating group) is 1. The fourth-order valence-corrected chi connectivity index (χ4v) is 6.05. The van der Waals surface area contributed by atoms with Crippen LogP contribution in [-0.2, 0) is 32.2 Å². The van der Waals surface area contributed by atoms with Crippen LogP contribution in [0, 0.1) is 16.0 Å². The Morgan fingerprint density at radius 1 is 1.21 bits per heavy atom. The van der Waals surface area contributed by atoms with Crippen LogP contribution < -0.4 is 26.4 Å². The van der Waals surface area contributed by atoms with Crippen LogP contribution in [0.15, 0.2) is 58.4 Å². The first kappa shape index (κ1) is 32.3. The van der Waals surface area contributed by atoms with Gasteiger partial charge in [-0.05, 0) is 36.5 Å². The van der Waals surface area contributed by atoms with E-state index in [1.165, 1.54) is 14.1 Å². The number of carbonyl (C=O) groups is 2. The van der Waals surface area contributed by atoms with Gasteiger partial charge in [-0.1, -0.05) is 30.3 Å². The van der Waals surface area contributed by atoms with Gasteiger partial charge in [-0.15, -0.1) is 0 Å². The lowest BCUT2D eigenvalue weighted by Gasteiger charge is -2.24. The zero-order valence-corrected chi connectivity index (χ0v) is 23.4. The Labute approximate surface area is 239 Å². The average Bonchev–Trinajstić information content (AvgIpc) is 3.64. The number of aliphatic imine (C=N–C) groups is 1. The van der Waals surface area contributed by atoms with Gasteiger partial charge in [-0.2, -0.15) is 17.9 Å². The van der Waals surface area contributed by atoms with Crippen LogP contribution in [0.25, 0.3) is 0 Å². The molecule has 0 heterocycles. The molecule has 1 aliphatic carbocycles. The second kappa shape index (κ2) is 12.7. The van der Waals surface area contributed by atoms with Gasteiger partial charge in [0.05, 0.1) is 10.5 Å². The minimum absolute atomic E-state index is 0.0647. The van der Waals surface area contributed by atoms with Crippen LogP contribution in [-0.4, -0.2) is 63.3 Å². The number of alkyl halides is 3. The van der Waals surface area contributed by atoms with Crippen molar-refractivity contribution in [3.63, 3.8) is 0 Å². The highest BCUT2D eigenvalue weighted by Gasteiger charge is 2.62. The average molecular weight is 614 g/mol. The lowest BCUT2D eigenvalue weighted by molar-refractivity contribution is -0.388. The molecule has 2 amide bonds. The van der Waals surface area contributed by atoms with Gasteiger partial charge >= 0.3 is 6.18 Å².